The van der Waals surface area contributed by atoms with E-state index in [1.807, 2.05) is 4.90 Å². The Balaban J connectivity index is 1.59. The SMILES string of the molecule is O=C(N1CCNCC1)N1CC2CCCC2C1. The first-order valence-electron chi connectivity index (χ1n) is 6.59. The van der Waals surface area contributed by atoms with Crippen LogP contribution in [0, 0.1) is 11.8 Å². The summed E-state index contributed by atoms with van der Waals surface area (Å²) in [5.74, 6) is 1.62. The summed E-state index contributed by atoms with van der Waals surface area (Å²) in [7, 11) is 0. The fourth-order valence-electron chi connectivity index (χ4n) is 3.45. The van der Waals surface area contributed by atoms with E-state index >= 15 is 0 Å². The van der Waals surface area contributed by atoms with Crippen LogP contribution in [0.3, 0.4) is 0 Å². The molecular formula is C12H21N3O. The lowest BCUT2D eigenvalue weighted by Gasteiger charge is -2.31. The molecule has 1 aliphatic carbocycles. The standard InChI is InChI=1S/C12H21N3O/c16-12(14-6-4-13-5-7-14)15-8-10-2-1-3-11(10)9-15/h10-11,13H,1-9H2. The minimum atomic E-state index is 0.288. The second-order valence-corrected chi connectivity index (χ2v) is 5.38. The van der Waals surface area contributed by atoms with Gasteiger partial charge in [-0.3, -0.25) is 0 Å². The molecule has 0 spiro atoms. The van der Waals surface area contributed by atoms with Crippen molar-refractivity contribution in [3.8, 4) is 0 Å². The maximum absolute atomic E-state index is 12.3. The quantitative estimate of drug-likeness (QED) is 0.657. The molecule has 1 N–H and O–H groups in total. The van der Waals surface area contributed by atoms with Crippen LogP contribution in [0.4, 0.5) is 4.79 Å². The van der Waals surface area contributed by atoms with E-state index in [4.69, 9.17) is 0 Å². The summed E-state index contributed by atoms with van der Waals surface area (Å²) in [6.45, 7) is 5.70. The Morgan fingerprint density at radius 1 is 1.00 bits per heavy atom. The predicted octanol–water partition coefficient (Wildman–Crippen LogP) is 0.743. The lowest BCUT2D eigenvalue weighted by Crippen LogP contribution is -2.51. The van der Waals surface area contributed by atoms with Crippen molar-refractivity contribution in [3.63, 3.8) is 0 Å². The maximum Gasteiger partial charge on any atom is 0.320 e. The van der Waals surface area contributed by atoms with E-state index in [9.17, 15) is 4.79 Å². The van der Waals surface area contributed by atoms with E-state index in [-0.39, 0.29) is 6.03 Å². The summed E-state index contributed by atoms with van der Waals surface area (Å²) in [6, 6.07) is 0.288. The van der Waals surface area contributed by atoms with Gasteiger partial charge in [-0.1, -0.05) is 6.42 Å². The molecule has 4 nitrogen and oxygen atoms in total. The van der Waals surface area contributed by atoms with Crippen molar-refractivity contribution >= 4 is 6.03 Å². The van der Waals surface area contributed by atoms with Crippen molar-refractivity contribution in [2.75, 3.05) is 39.3 Å². The largest absolute Gasteiger partial charge is 0.324 e. The molecule has 2 atom stereocenters. The third kappa shape index (κ3) is 1.79. The Kier molecular flexibility index (Phi) is 2.75. The number of hydrogen-bond acceptors (Lipinski definition) is 2. The van der Waals surface area contributed by atoms with Gasteiger partial charge in [0.2, 0.25) is 0 Å². The van der Waals surface area contributed by atoms with Gasteiger partial charge in [0.15, 0.2) is 0 Å². The van der Waals surface area contributed by atoms with Crippen LogP contribution in [0.5, 0.6) is 0 Å². The number of nitrogens with one attached hydrogen (secondary N) is 1. The first kappa shape index (κ1) is 10.4. The molecule has 1 saturated carbocycles. The van der Waals surface area contributed by atoms with Crippen molar-refractivity contribution in [1.82, 2.24) is 15.1 Å². The van der Waals surface area contributed by atoms with Crippen molar-refractivity contribution in [1.29, 1.82) is 0 Å². The van der Waals surface area contributed by atoms with E-state index in [0.29, 0.717) is 0 Å². The molecule has 3 fully saturated rings. The summed E-state index contributed by atoms with van der Waals surface area (Å²) in [6.07, 6.45) is 4.07. The number of likely N-dealkylation sites (tertiary alicyclic amines) is 1. The number of nitrogens with zero attached hydrogens (tertiary/aromatic N) is 2. The predicted molar refractivity (Wildman–Crippen MR) is 62.2 cm³/mol. The molecule has 2 saturated heterocycles. The van der Waals surface area contributed by atoms with Crippen molar-refractivity contribution in [2.24, 2.45) is 11.8 Å². The van der Waals surface area contributed by atoms with Crippen LogP contribution in [0.1, 0.15) is 19.3 Å². The average Bonchev–Trinajstić information content (AvgIpc) is 2.89. The number of amides is 2. The minimum Gasteiger partial charge on any atom is -0.324 e. The molecule has 0 aromatic heterocycles. The van der Waals surface area contributed by atoms with E-state index in [0.717, 1.165) is 51.1 Å². The van der Waals surface area contributed by atoms with Crippen LogP contribution in [0.25, 0.3) is 0 Å². The van der Waals surface area contributed by atoms with Crippen LogP contribution in [-0.2, 0) is 0 Å². The summed E-state index contributed by atoms with van der Waals surface area (Å²) < 4.78 is 0. The van der Waals surface area contributed by atoms with Gasteiger partial charge in [0, 0.05) is 39.3 Å². The second-order valence-electron chi connectivity index (χ2n) is 5.38. The van der Waals surface area contributed by atoms with Gasteiger partial charge in [-0.05, 0) is 24.7 Å². The Morgan fingerprint density at radius 3 is 2.25 bits per heavy atom. The second kappa shape index (κ2) is 4.24. The topological polar surface area (TPSA) is 35.6 Å². The molecule has 2 amide bonds. The molecule has 2 aliphatic heterocycles. The first-order chi connectivity index (χ1) is 7.84. The zero-order chi connectivity index (χ0) is 11.0. The molecule has 90 valence electrons. The summed E-state index contributed by atoms with van der Waals surface area (Å²) in [4.78, 5) is 16.4. The molecule has 0 radical (unpaired) electrons. The van der Waals surface area contributed by atoms with Gasteiger partial charge in [-0.15, -0.1) is 0 Å². The Labute approximate surface area is 97.0 Å². The van der Waals surface area contributed by atoms with E-state index in [1.54, 1.807) is 0 Å². The lowest BCUT2D eigenvalue weighted by atomic mass is 10.0. The molecule has 16 heavy (non-hydrogen) atoms. The van der Waals surface area contributed by atoms with E-state index in [2.05, 4.69) is 10.2 Å². The summed E-state index contributed by atoms with van der Waals surface area (Å²) in [5.41, 5.74) is 0. The highest BCUT2D eigenvalue weighted by Gasteiger charge is 2.39. The van der Waals surface area contributed by atoms with Gasteiger partial charge in [0.1, 0.15) is 0 Å². The first-order valence-corrected chi connectivity index (χ1v) is 6.59. The highest BCUT2D eigenvalue weighted by molar-refractivity contribution is 5.75. The Morgan fingerprint density at radius 2 is 1.62 bits per heavy atom. The van der Waals surface area contributed by atoms with Crippen LogP contribution in [-0.4, -0.2) is 55.1 Å². The van der Waals surface area contributed by atoms with Crippen LogP contribution in [0.2, 0.25) is 0 Å². The molecule has 3 aliphatic rings. The van der Waals surface area contributed by atoms with Crippen molar-refractivity contribution in [2.45, 2.75) is 19.3 Å². The molecular weight excluding hydrogens is 202 g/mol. The number of fused-ring (bicyclic) bond motifs is 1. The number of rotatable bonds is 0. The third-order valence-corrected chi connectivity index (χ3v) is 4.38. The van der Waals surface area contributed by atoms with Crippen LogP contribution < -0.4 is 5.32 Å². The van der Waals surface area contributed by atoms with Gasteiger partial charge >= 0.3 is 6.03 Å². The highest BCUT2D eigenvalue weighted by atomic mass is 16.2. The summed E-state index contributed by atoms with van der Waals surface area (Å²) in [5, 5.41) is 3.29. The zero-order valence-electron chi connectivity index (χ0n) is 9.82. The van der Waals surface area contributed by atoms with Gasteiger partial charge in [0.05, 0.1) is 0 Å². The fraction of sp³-hybridized carbons (Fsp3) is 0.917. The van der Waals surface area contributed by atoms with Crippen molar-refractivity contribution < 1.29 is 4.79 Å². The number of hydrogen-bond donors (Lipinski definition) is 1. The fourth-order valence-corrected chi connectivity index (χ4v) is 3.45. The number of urea groups is 1. The van der Waals surface area contributed by atoms with Gasteiger partial charge < -0.3 is 15.1 Å². The zero-order valence-corrected chi connectivity index (χ0v) is 9.82. The maximum atomic E-state index is 12.3. The molecule has 0 bridgehead atoms. The smallest absolute Gasteiger partial charge is 0.320 e. The van der Waals surface area contributed by atoms with E-state index < -0.39 is 0 Å². The van der Waals surface area contributed by atoms with Gasteiger partial charge in [0.25, 0.3) is 0 Å². The molecule has 3 rings (SSSR count). The highest BCUT2D eigenvalue weighted by Crippen LogP contribution is 2.37. The molecule has 0 aromatic carbocycles. The van der Waals surface area contributed by atoms with Crippen LogP contribution in [0.15, 0.2) is 0 Å². The normalized spacial score (nSPS) is 34.2. The number of piperazine rings is 1. The minimum absolute atomic E-state index is 0.288. The van der Waals surface area contributed by atoms with Gasteiger partial charge in [-0.25, -0.2) is 4.79 Å². The summed E-state index contributed by atoms with van der Waals surface area (Å²) >= 11 is 0. The van der Waals surface area contributed by atoms with Crippen molar-refractivity contribution in [3.05, 3.63) is 0 Å². The Bertz CT molecular complexity index is 263. The third-order valence-electron chi connectivity index (χ3n) is 4.38. The molecule has 4 heteroatoms. The number of carbonyl (C=O) groups excluding carboxylic acids is 1. The van der Waals surface area contributed by atoms with E-state index in [1.165, 1.54) is 19.3 Å². The molecule has 2 unspecified atom stereocenters. The monoisotopic (exact) mass is 223 g/mol. The average molecular weight is 223 g/mol. The Hall–Kier alpha value is -0.770. The van der Waals surface area contributed by atoms with Gasteiger partial charge in [-0.2, -0.15) is 0 Å². The lowest BCUT2D eigenvalue weighted by molar-refractivity contribution is 0.153. The molecule has 0 aromatic rings. The number of carbonyl (C=O) groups is 1. The van der Waals surface area contributed by atoms with Crippen LogP contribution >= 0.6 is 0 Å². The molecule has 2 heterocycles.